The van der Waals surface area contributed by atoms with Crippen molar-refractivity contribution in [3.63, 3.8) is 0 Å². The van der Waals surface area contributed by atoms with Gasteiger partial charge in [-0.05, 0) is 37.8 Å². The van der Waals surface area contributed by atoms with Gasteiger partial charge in [-0.3, -0.25) is 0 Å². The van der Waals surface area contributed by atoms with E-state index in [1.807, 2.05) is 13.8 Å². The molecule has 1 heterocycles. The first-order valence-electron chi connectivity index (χ1n) is 4.48. The van der Waals surface area contributed by atoms with E-state index < -0.39 is 0 Å². The van der Waals surface area contributed by atoms with E-state index in [1.165, 1.54) is 10.4 Å². The summed E-state index contributed by atoms with van der Waals surface area (Å²) in [5.41, 5.74) is 6.94. The van der Waals surface area contributed by atoms with Crippen molar-refractivity contribution in [3.8, 4) is 0 Å². The van der Waals surface area contributed by atoms with Crippen LogP contribution in [-0.2, 0) is 10.3 Å². The van der Waals surface area contributed by atoms with Crippen LogP contribution in [0.25, 0.3) is 0 Å². The predicted molar refractivity (Wildman–Crippen MR) is 57.1 cm³/mol. The predicted octanol–water partition coefficient (Wildman–Crippen LogP) is 2.27. The van der Waals surface area contributed by atoms with E-state index in [2.05, 4.69) is 18.4 Å². The second-order valence-electron chi connectivity index (χ2n) is 3.50. The van der Waals surface area contributed by atoms with Crippen molar-refractivity contribution in [3.05, 3.63) is 21.9 Å². The molecule has 1 rings (SSSR count). The van der Waals surface area contributed by atoms with Crippen molar-refractivity contribution >= 4 is 11.3 Å². The summed E-state index contributed by atoms with van der Waals surface area (Å²) < 4.78 is 5.34. The molecule has 1 unspecified atom stereocenters. The zero-order chi connectivity index (χ0) is 9.90. The lowest BCUT2D eigenvalue weighted by Gasteiger charge is -2.23. The Balaban J connectivity index is 2.68. The highest BCUT2D eigenvalue weighted by atomic mass is 32.1. The molecule has 0 radical (unpaired) electrons. The molecule has 0 saturated heterocycles. The second-order valence-corrected chi connectivity index (χ2v) is 4.62. The van der Waals surface area contributed by atoms with Crippen LogP contribution in [0.1, 0.15) is 24.3 Å². The van der Waals surface area contributed by atoms with Gasteiger partial charge in [0.2, 0.25) is 0 Å². The lowest BCUT2D eigenvalue weighted by molar-refractivity contribution is 0.101. The summed E-state index contributed by atoms with van der Waals surface area (Å²) in [6.07, 6.45) is 0. The first-order chi connectivity index (χ1) is 6.06. The fourth-order valence-electron chi connectivity index (χ4n) is 1.14. The molecule has 1 aromatic heterocycles. The highest BCUT2D eigenvalue weighted by molar-refractivity contribution is 7.10. The fourth-order valence-corrected chi connectivity index (χ4v) is 1.99. The Hall–Kier alpha value is -0.380. The zero-order valence-corrected chi connectivity index (χ0v) is 9.28. The molecule has 0 spiro atoms. The van der Waals surface area contributed by atoms with Crippen LogP contribution in [0.5, 0.6) is 0 Å². The maximum atomic E-state index is 6.12. The van der Waals surface area contributed by atoms with Crippen molar-refractivity contribution < 1.29 is 4.74 Å². The summed E-state index contributed by atoms with van der Waals surface area (Å²) in [6.45, 7) is 7.37. The third-order valence-electron chi connectivity index (χ3n) is 2.00. The van der Waals surface area contributed by atoms with E-state index in [4.69, 9.17) is 10.5 Å². The molecule has 1 aromatic rings. The molecule has 0 aliphatic rings. The lowest BCUT2D eigenvalue weighted by Crippen LogP contribution is -2.37. The summed E-state index contributed by atoms with van der Waals surface area (Å²) in [5, 5.41) is 2.11. The van der Waals surface area contributed by atoms with Crippen LogP contribution in [0.4, 0.5) is 0 Å². The average molecular weight is 199 g/mol. The van der Waals surface area contributed by atoms with Gasteiger partial charge in [0.25, 0.3) is 0 Å². The average Bonchev–Trinajstić information content (AvgIpc) is 2.49. The van der Waals surface area contributed by atoms with Crippen LogP contribution >= 0.6 is 11.3 Å². The molecule has 2 nitrogen and oxygen atoms in total. The molecule has 0 bridgehead atoms. The number of hydrogen-bond acceptors (Lipinski definition) is 3. The molecule has 0 saturated carbocycles. The topological polar surface area (TPSA) is 35.2 Å². The van der Waals surface area contributed by atoms with Gasteiger partial charge in [-0.2, -0.15) is 0 Å². The summed E-state index contributed by atoms with van der Waals surface area (Å²) in [6, 6.07) is 2.13. The number of rotatable bonds is 4. The molecule has 0 amide bonds. The maximum Gasteiger partial charge on any atom is 0.0685 e. The Kier molecular flexibility index (Phi) is 3.47. The highest BCUT2D eigenvalue weighted by Crippen LogP contribution is 2.23. The van der Waals surface area contributed by atoms with Crippen molar-refractivity contribution in [2.24, 2.45) is 5.73 Å². The van der Waals surface area contributed by atoms with Gasteiger partial charge in [-0.1, -0.05) is 0 Å². The molecule has 0 aliphatic heterocycles. The minimum absolute atomic E-state index is 0.346. The zero-order valence-electron chi connectivity index (χ0n) is 8.46. The Morgan fingerprint density at radius 3 is 2.77 bits per heavy atom. The van der Waals surface area contributed by atoms with Gasteiger partial charge in [-0.15, -0.1) is 11.3 Å². The van der Waals surface area contributed by atoms with Gasteiger partial charge in [0, 0.05) is 11.5 Å². The maximum absolute atomic E-state index is 6.12. The summed E-state index contributed by atoms with van der Waals surface area (Å²) >= 11 is 1.73. The SMILES string of the molecule is CCOCC(C)(N)c1csc(C)c1. The quantitative estimate of drug-likeness (QED) is 0.807. The number of aryl methyl sites for hydroxylation is 1. The van der Waals surface area contributed by atoms with Gasteiger partial charge in [0.05, 0.1) is 12.1 Å². The van der Waals surface area contributed by atoms with E-state index >= 15 is 0 Å². The van der Waals surface area contributed by atoms with Crippen LogP contribution in [0.3, 0.4) is 0 Å². The first-order valence-corrected chi connectivity index (χ1v) is 5.36. The highest BCUT2D eigenvalue weighted by Gasteiger charge is 2.22. The van der Waals surface area contributed by atoms with Gasteiger partial charge in [0.15, 0.2) is 0 Å². The molecular formula is C10H17NOS. The van der Waals surface area contributed by atoms with E-state index in [-0.39, 0.29) is 5.54 Å². The van der Waals surface area contributed by atoms with Gasteiger partial charge >= 0.3 is 0 Å². The second kappa shape index (κ2) is 4.22. The van der Waals surface area contributed by atoms with E-state index in [9.17, 15) is 0 Å². The molecule has 0 aromatic carbocycles. The third kappa shape index (κ3) is 2.79. The van der Waals surface area contributed by atoms with E-state index in [1.54, 1.807) is 11.3 Å². The van der Waals surface area contributed by atoms with Gasteiger partial charge < -0.3 is 10.5 Å². The number of thiophene rings is 1. The minimum atomic E-state index is -0.346. The fraction of sp³-hybridized carbons (Fsp3) is 0.600. The molecule has 3 heteroatoms. The molecule has 2 N–H and O–H groups in total. The van der Waals surface area contributed by atoms with Crippen LogP contribution in [0, 0.1) is 6.92 Å². The first kappa shape index (κ1) is 10.7. The molecular weight excluding hydrogens is 182 g/mol. The standard InChI is InChI=1S/C10H17NOS/c1-4-12-7-10(3,11)9-5-8(2)13-6-9/h5-6H,4,7,11H2,1-3H3. The minimum Gasteiger partial charge on any atom is -0.379 e. The Bertz CT molecular complexity index is 268. The van der Waals surface area contributed by atoms with Crippen LogP contribution < -0.4 is 5.73 Å². The largest absolute Gasteiger partial charge is 0.379 e. The smallest absolute Gasteiger partial charge is 0.0685 e. The van der Waals surface area contributed by atoms with Gasteiger partial charge in [-0.25, -0.2) is 0 Å². The van der Waals surface area contributed by atoms with Crippen molar-refractivity contribution in [2.75, 3.05) is 13.2 Å². The monoisotopic (exact) mass is 199 g/mol. The molecule has 1 atom stereocenters. The number of nitrogens with two attached hydrogens (primary N) is 1. The van der Waals surface area contributed by atoms with Crippen molar-refractivity contribution in [1.29, 1.82) is 0 Å². The van der Waals surface area contributed by atoms with Crippen LogP contribution in [0.15, 0.2) is 11.4 Å². The Morgan fingerprint density at radius 1 is 1.62 bits per heavy atom. The molecule has 0 fully saturated rings. The third-order valence-corrected chi connectivity index (χ3v) is 2.86. The van der Waals surface area contributed by atoms with E-state index in [0.29, 0.717) is 6.61 Å². The molecule has 74 valence electrons. The molecule has 0 aliphatic carbocycles. The van der Waals surface area contributed by atoms with Crippen molar-refractivity contribution in [2.45, 2.75) is 26.3 Å². The molecule has 13 heavy (non-hydrogen) atoms. The normalized spacial score (nSPS) is 15.7. The summed E-state index contributed by atoms with van der Waals surface area (Å²) in [5.74, 6) is 0. The van der Waals surface area contributed by atoms with Crippen LogP contribution in [0.2, 0.25) is 0 Å². The lowest BCUT2D eigenvalue weighted by atomic mass is 9.97. The van der Waals surface area contributed by atoms with Gasteiger partial charge in [0.1, 0.15) is 0 Å². The Morgan fingerprint density at radius 2 is 2.31 bits per heavy atom. The number of ether oxygens (including phenoxy) is 1. The Labute approximate surface area is 83.7 Å². The van der Waals surface area contributed by atoms with Crippen molar-refractivity contribution in [1.82, 2.24) is 0 Å². The summed E-state index contributed by atoms with van der Waals surface area (Å²) in [7, 11) is 0. The van der Waals surface area contributed by atoms with E-state index in [0.717, 1.165) is 6.61 Å². The number of hydrogen-bond donors (Lipinski definition) is 1. The van der Waals surface area contributed by atoms with Crippen LogP contribution in [-0.4, -0.2) is 13.2 Å². The summed E-state index contributed by atoms with van der Waals surface area (Å²) in [4.78, 5) is 1.29.